The fourth-order valence-electron chi connectivity index (χ4n) is 7.85. The van der Waals surface area contributed by atoms with Crippen LogP contribution in [0.5, 0.6) is 11.8 Å². The molecule has 248 valence electrons. The Labute approximate surface area is 273 Å². The largest absolute Gasteiger partial charge is 0.508 e. The van der Waals surface area contributed by atoms with Crippen LogP contribution in [-0.4, -0.2) is 83.0 Å². The van der Waals surface area contributed by atoms with Gasteiger partial charge in [-0.05, 0) is 75.2 Å². The molecule has 1 atom stereocenters. The van der Waals surface area contributed by atoms with Gasteiger partial charge in [-0.2, -0.15) is 9.97 Å². The highest BCUT2D eigenvalue weighted by atomic mass is 19.1. The summed E-state index contributed by atoms with van der Waals surface area (Å²) in [6, 6.07) is 5.95. The number of aromatic hydroxyl groups is 1. The molecule has 11 heteroatoms. The molecule has 0 amide bonds. The SMILES string of the molecule is C#Cc1c(F)ccc2cc(O)cc(-c3nc4c5c(nc(OCC67CCCN6CCC7)nc5c3F)N3CCNCC3CC4)c12.CC.CF. The van der Waals surface area contributed by atoms with Gasteiger partial charge in [0.1, 0.15) is 35.2 Å². The highest BCUT2D eigenvalue weighted by Gasteiger charge is 2.45. The van der Waals surface area contributed by atoms with Crippen molar-refractivity contribution in [3.05, 3.63) is 47.2 Å². The number of nitrogens with zero attached hydrogens (tertiary/aromatic N) is 5. The van der Waals surface area contributed by atoms with Gasteiger partial charge in [0.15, 0.2) is 5.82 Å². The molecule has 2 N–H and O–H groups in total. The van der Waals surface area contributed by atoms with E-state index in [1.165, 1.54) is 24.3 Å². The van der Waals surface area contributed by atoms with Crippen LogP contribution in [0.1, 0.15) is 57.2 Å². The molecular weight excluding hydrogens is 605 g/mol. The normalized spacial score (nSPS) is 19.5. The third-order valence-electron chi connectivity index (χ3n) is 9.89. The Morgan fingerprint density at radius 2 is 1.83 bits per heavy atom. The molecule has 4 aliphatic heterocycles. The first kappa shape index (κ1) is 32.8. The number of hydrogen-bond donors (Lipinski definition) is 2. The van der Waals surface area contributed by atoms with Crippen LogP contribution in [0.25, 0.3) is 32.9 Å². The number of rotatable bonds is 4. The lowest BCUT2D eigenvalue weighted by molar-refractivity contribution is 0.108. The number of nitrogens with one attached hydrogen (secondary N) is 1. The lowest BCUT2D eigenvalue weighted by atomic mass is 9.95. The van der Waals surface area contributed by atoms with Crippen LogP contribution in [0, 0.1) is 24.0 Å². The third-order valence-corrected chi connectivity index (χ3v) is 9.89. The zero-order valence-electron chi connectivity index (χ0n) is 27.2. The van der Waals surface area contributed by atoms with E-state index in [0.717, 1.165) is 64.8 Å². The number of terminal acetylenes is 1. The lowest BCUT2D eigenvalue weighted by Gasteiger charge is -2.36. The number of aromatic nitrogens is 3. The second kappa shape index (κ2) is 13.5. The molecule has 47 heavy (non-hydrogen) atoms. The van der Waals surface area contributed by atoms with E-state index in [-0.39, 0.29) is 45.7 Å². The Hall–Kier alpha value is -4.14. The average molecular weight is 647 g/mol. The van der Waals surface area contributed by atoms with Gasteiger partial charge in [-0.15, -0.1) is 6.42 Å². The fraction of sp³-hybridized carbons (Fsp3) is 0.472. The minimum atomic E-state index is -0.679. The van der Waals surface area contributed by atoms with Crippen molar-refractivity contribution in [2.24, 2.45) is 0 Å². The van der Waals surface area contributed by atoms with Crippen LogP contribution in [0.4, 0.5) is 19.0 Å². The molecule has 6 heterocycles. The van der Waals surface area contributed by atoms with E-state index in [9.17, 15) is 13.9 Å². The highest BCUT2D eigenvalue weighted by molar-refractivity contribution is 6.03. The molecule has 8 nitrogen and oxygen atoms in total. The third kappa shape index (κ3) is 5.61. The Morgan fingerprint density at radius 1 is 1.06 bits per heavy atom. The summed E-state index contributed by atoms with van der Waals surface area (Å²) in [5.74, 6) is 1.68. The molecule has 0 spiro atoms. The Balaban J connectivity index is 0.000000932. The van der Waals surface area contributed by atoms with Gasteiger partial charge in [0.05, 0.1) is 29.4 Å². The number of benzene rings is 2. The van der Waals surface area contributed by atoms with Crippen molar-refractivity contribution in [1.82, 2.24) is 25.2 Å². The molecule has 3 fully saturated rings. The molecule has 1 unspecified atom stereocenters. The first-order chi connectivity index (χ1) is 23.0. The second-order valence-corrected chi connectivity index (χ2v) is 12.2. The van der Waals surface area contributed by atoms with Gasteiger partial charge in [-0.25, -0.2) is 13.8 Å². The van der Waals surface area contributed by atoms with E-state index >= 15 is 4.39 Å². The van der Waals surface area contributed by atoms with E-state index in [1.807, 2.05) is 13.8 Å². The summed E-state index contributed by atoms with van der Waals surface area (Å²) in [4.78, 5) is 19.2. The number of piperazine rings is 1. The van der Waals surface area contributed by atoms with Crippen molar-refractivity contribution in [2.75, 3.05) is 51.4 Å². The van der Waals surface area contributed by atoms with Gasteiger partial charge in [-0.3, -0.25) is 9.29 Å². The summed E-state index contributed by atoms with van der Waals surface area (Å²) in [5.41, 5.74) is 0.932. The fourth-order valence-corrected chi connectivity index (χ4v) is 7.85. The molecule has 4 aromatic rings. The van der Waals surface area contributed by atoms with Gasteiger partial charge < -0.3 is 20.1 Å². The number of anilines is 1. The second-order valence-electron chi connectivity index (χ2n) is 12.2. The molecule has 2 aromatic carbocycles. The lowest BCUT2D eigenvalue weighted by Crippen LogP contribution is -2.51. The Kier molecular flexibility index (Phi) is 9.44. The summed E-state index contributed by atoms with van der Waals surface area (Å²) in [7, 11) is 0.500. The Bertz CT molecular complexity index is 1830. The molecular formula is C36H41F3N6O2. The smallest absolute Gasteiger partial charge is 0.319 e. The molecule has 3 saturated heterocycles. The maximum Gasteiger partial charge on any atom is 0.319 e. The summed E-state index contributed by atoms with van der Waals surface area (Å²) in [6.07, 6.45) is 11.5. The highest BCUT2D eigenvalue weighted by Crippen LogP contribution is 2.43. The monoisotopic (exact) mass is 646 g/mol. The van der Waals surface area contributed by atoms with Gasteiger partial charge in [0.2, 0.25) is 0 Å². The zero-order chi connectivity index (χ0) is 33.3. The van der Waals surface area contributed by atoms with Crippen LogP contribution >= 0.6 is 0 Å². The number of pyridine rings is 1. The van der Waals surface area contributed by atoms with Crippen molar-refractivity contribution in [2.45, 2.75) is 64.0 Å². The molecule has 0 aliphatic carbocycles. The number of halogens is 3. The predicted molar refractivity (Wildman–Crippen MR) is 179 cm³/mol. The van der Waals surface area contributed by atoms with Crippen LogP contribution in [-0.2, 0) is 6.42 Å². The van der Waals surface area contributed by atoms with E-state index in [0.29, 0.717) is 47.9 Å². The predicted octanol–water partition coefficient (Wildman–Crippen LogP) is 6.15. The van der Waals surface area contributed by atoms with Gasteiger partial charge >= 0.3 is 6.01 Å². The topological polar surface area (TPSA) is 86.6 Å². The van der Waals surface area contributed by atoms with Crippen molar-refractivity contribution in [1.29, 1.82) is 0 Å². The number of fused-ring (bicyclic) bond motifs is 4. The van der Waals surface area contributed by atoms with E-state index in [4.69, 9.17) is 26.1 Å². The van der Waals surface area contributed by atoms with Crippen molar-refractivity contribution in [3.63, 3.8) is 0 Å². The van der Waals surface area contributed by atoms with Gasteiger partial charge in [-0.1, -0.05) is 25.8 Å². The molecule has 2 aromatic heterocycles. The number of phenolic OH excluding ortho intramolecular Hbond substituents is 1. The standard InChI is InChI=1S/C33H32F2N6O2.C2H6.CH3F/c1-2-22-24(34)7-5-19-15-21(42)16-23(26(19)22)29-28(35)30-27-25(37-29)8-6-20-17-36-11-14-41(20)31(27)39-32(38-30)43-18-33-9-3-12-40(33)13-4-10-33;2*1-2/h1,5,7,15-16,20,36,42H,3-4,6,8-14,17-18H2;1-2H3;1H3. The van der Waals surface area contributed by atoms with Crippen molar-refractivity contribution < 1.29 is 23.0 Å². The zero-order valence-corrected chi connectivity index (χ0v) is 27.2. The Morgan fingerprint density at radius 3 is 2.57 bits per heavy atom. The molecule has 0 radical (unpaired) electrons. The van der Waals surface area contributed by atoms with Crippen LogP contribution in [0.15, 0.2) is 24.3 Å². The van der Waals surface area contributed by atoms with Crippen LogP contribution in [0.2, 0.25) is 0 Å². The number of ether oxygens (including phenoxy) is 1. The summed E-state index contributed by atoms with van der Waals surface area (Å²) in [6.45, 7) is 8.89. The summed E-state index contributed by atoms with van der Waals surface area (Å²) < 4.78 is 47.6. The number of hydrogen-bond acceptors (Lipinski definition) is 8. The molecule has 0 saturated carbocycles. The maximum atomic E-state index is 16.9. The number of aryl methyl sites for hydroxylation is 1. The number of phenols is 1. The van der Waals surface area contributed by atoms with Crippen molar-refractivity contribution in [3.8, 4) is 35.4 Å². The minimum absolute atomic E-state index is 0.00722. The quantitative estimate of drug-likeness (QED) is 0.256. The first-order valence-electron chi connectivity index (χ1n) is 16.5. The summed E-state index contributed by atoms with van der Waals surface area (Å²) in [5, 5.41) is 15.5. The van der Waals surface area contributed by atoms with E-state index in [1.54, 1.807) is 0 Å². The number of alkyl halides is 1. The van der Waals surface area contributed by atoms with Crippen LogP contribution in [0.3, 0.4) is 0 Å². The summed E-state index contributed by atoms with van der Waals surface area (Å²) >= 11 is 0. The van der Waals surface area contributed by atoms with Crippen LogP contribution < -0.4 is 15.0 Å². The van der Waals surface area contributed by atoms with E-state index in [2.05, 4.69) is 21.0 Å². The molecule has 8 rings (SSSR count). The molecule has 0 bridgehead atoms. The first-order valence-corrected chi connectivity index (χ1v) is 16.5. The molecule has 4 aliphatic rings. The minimum Gasteiger partial charge on any atom is -0.508 e. The van der Waals surface area contributed by atoms with Gasteiger partial charge in [0.25, 0.3) is 0 Å². The maximum absolute atomic E-state index is 16.9. The van der Waals surface area contributed by atoms with Gasteiger partial charge in [0, 0.05) is 36.6 Å². The van der Waals surface area contributed by atoms with Crippen molar-refractivity contribution >= 4 is 27.5 Å². The average Bonchev–Trinajstić information content (AvgIpc) is 3.65. The van der Waals surface area contributed by atoms with E-state index < -0.39 is 11.6 Å².